The lowest BCUT2D eigenvalue weighted by Crippen LogP contribution is -2.15. The highest BCUT2D eigenvalue weighted by atomic mass is 32.2. The van der Waals surface area contributed by atoms with E-state index in [0.717, 1.165) is 36.0 Å². The maximum atomic E-state index is 8.65. The molecule has 0 heterocycles. The first kappa shape index (κ1) is 16.9. The van der Waals surface area contributed by atoms with E-state index in [1.807, 2.05) is 36.0 Å². The van der Waals surface area contributed by atoms with Crippen LogP contribution in [0, 0.1) is 11.8 Å². The average molecular weight is 293 g/mol. The van der Waals surface area contributed by atoms with Gasteiger partial charge in [0.25, 0.3) is 0 Å². The van der Waals surface area contributed by atoms with Crippen LogP contribution in [0.5, 0.6) is 5.75 Å². The molecule has 110 valence electrons. The molecule has 0 unspecified atom stereocenters. The molecule has 0 atom stereocenters. The molecule has 0 amide bonds. The molecule has 3 nitrogen and oxygen atoms in total. The van der Waals surface area contributed by atoms with Crippen LogP contribution in [0.4, 0.5) is 0 Å². The number of hydrogen-bond donors (Lipinski definition) is 1. The van der Waals surface area contributed by atoms with E-state index in [1.54, 1.807) is 0 Å². The van der Waals surface area contributed by atoms with Crippen LogP contribution in [0.15, 0.2) is 24.3 Å². The summed E-state index contributed by atoms with van der Waals surface area (Å²) in [6.07, 6.45) is 0.516. The van der Waals surface area contributed by atoms with Crippen molar-refractivity contribution in [2.45, 2.75) is 6.42 Å². The fourth-order valence-corrected chi connectivity index (χ4v) is 2.32. The quantitative estimate of drug-likeness (QED) is 0.588. The number of nitrogens with zero attached hydrogens (tertiary/aromatic N) is 1. The van der Waals surface area contributed by atoms with Crippen molar-refractivity contribution in [2.75, 3.05) is 45.4 Å². The molecule has 1 rings (SSSR count). The monoisotopic (exact) mass is 293 g/mol. The predicted octanol–water partition coefficient (Wildman–Crippen LogP) is 2.09. The van der Waals surface area contributed by atoms with Crippen LogP contribution in [0.25, 0.3) is 0 Å². The fraction of sp³-hybridized carbons (Fsp3) is 0.500. The Morgan fingerprint density at radius 1 is 1.20 bits per heavy atom. The zero-order valence-electron chi connectivity index (χ0n) is 12.3. The van der Waals surface area contributed by atoms with Crippen molar-refractivity contribution in [3.05, 3.63) is 29.8 Å². The number of benzene rings is 1. The second-order valence-corrected chi connectivity index (χ2v) is 5.79. The van der Waals surface area contributed by atoms with Gasteiger partial charge in [-0.1, -0.05) is 11.8 Å². The standard InChI is InChI=1S/C16H23NO2S/c1-17(2)10-13-20-14-12-19-16-8-6-15(7-9-16)5-3-4-11-18/h6-9,18H,4,10-14H2,1-2H3. The molecule has 0 bridgehead atoms. The van der Waals surface area contributed by atoms with E-state index in [0.29, 0.717) is 6.42 Å². The van der Waals surface area contributed by atoms with Crippen LogP contribution < -0.4 is 4.74 Å². The third-order valence-electron chi connectivity index (χ3n) is 2.50. The number of rotatable bonds is 8. The molecule has 4 heteroatoms. The van der Waals surface area contributed by atoms with E-state index in [1.165, 1.54) is 0 Å². The molecule has 0 aliphatic heterocycles. The third-order valence-corrected chi connectivity index (χ3v) is 3.43. The van der Waals surface area contributed by atoms with E-state index in [2.05, 4.69) is 30.8 Å². The zero-order valence-corrected chi connectivity index (χ0v) is 13.1. The Labute approximate surface area is 126 Å². The molecule has 20 heavy (non-hydrogen) atoms. The Bertz CT molecular complexity index is 420. The number of aliphatic hydroxyl groups is 1. The summed E-state index contributed by atoms with van der Waals surface area (Å²) < 4.78 is 5.67. The van der Waals surface area contributed by atoms with Crippen molar-refractivity contribution >= 4 is 11.8 Å². The molecule has 1 aromatic rings. The smallest absolute Gasteiger partial charge is 0.119 e. The summed E-state index contributed by atoms with van der Waals surface area (Å²) in [7, 11) is 4.17. The van der Waals surface area contributed by atoms with Crippen molar-refractivity contribution in [3.63, 3.8) is 0 Å². The van der Waals surface area contributed by atoms with Crippen molar-refractivity contribution in [2.24, 2.45) is 0 Å². The van der Waals surface area contributed by atoms with Gasteiger partial charge in [-0.05, 0) is 38.4 Å². The summed E-state index contributed by atoms with van der Waals surface area (Å²) >= 11 is 1.90. The largest absolute Gasteiger partial charge is 0.493 e. The van der Waals surface area contributed by atoms with Crippen LogP contribution in [-0.2, 0) is 0 Å². The highest BCUT2D eigenvalue weighted by Gasteiger charge is 1.95. The minimum absolute atomic E-state index is 0.111. The van der Waals surface area contributed by atoms with Crippen LogP contribution in [0.1, 0.15) is 12.0 Å². The van der Waals surface area contributed by atoms with E-state index in [4.69, 9.17) is 9.84 Å². The number of thioether (sulfide) groups is 1. The molecule has 0 spiro atoms. The van der Waals surface area contributed by atoms with Crippen molar-refractivity contribution < 1.29 is 9.84 Å². The van der Waals surface area contributed by atoms with E-state index in [9.17, 15) is 0 Å². The Morgan fingerprint density at radius 3 is 2.60 bits per heavy atom. The third kappa shape index (κ3) is 8.11. The minimum Gasteiger partial charge on any atom is -0.493 e. The molecule has 1 aromatic carbocycles. The summed E-state index contributed by atoms with van der Waals surface area (Å²) in [6, 6.07) is 7.76. The Balaban J connectivity index is 2.20. The van der Waals surface area contributed by atoms with Gasteiger partial charge in [0, 0.05) is 30.0 Å². The van der Waals surface area contributed by atoms with Crippen LogP contribution in [0.3, 0.4) is 0 Å². The molecule has 1 N–H and O–H groups in total. The van der Waals surface area contributed by atoms with E-state index in [-0.39, 0.29) is 6.61 Å². The topological polar surface area (TPSA) is 32.7 Å². The second-order valence-electron chi connectivity index (χ2n) is 4.56. The van der Waals surface area contributed by atoms with Gasteiger partial charge in [-0.25, -0.2) is 0 Å². The summed E-state index contributed by atoms with van der Waals surface area (Å²) in [6.45, 7) is 1.94. The molecule has 0 aliphatic rings. The van der Waals surface area contributed by atoms with Gasteiger partial charge in [0.1, 0.15) is 5.75 Å². The highest BCUT2D eigenvalue weighted by molar-refractivity contribution is 7.99. The van der Waals surface area contributed by atoms with Gasteiger partial charge in [0.15, 0.2) is 0 Å². The van der Waals surface area contributed by atoms with E-state index < -0.39 is 0 Å². The molecule has 0 saturated carbocycles. The lowest BCUT2D eigenvalue weighted by molar-refractivity contribution is 0.305. The summed E-state index contributed by atoms with van der Waals surface area (Å²) in [5, 5.41) is 8.65. The second kappa shape index (κ2) is 10.6. The Hall–Kier alpha value is -1.15. The molecule has 0 saturated heterocycles. The maximum Gasteiger partial charge on any atom is 0.119 e. The predicted molar refractivity (Wildman–Crippen MR) is 86.4 cm³/mol. The maximum absolute atomic E-state index is 8.65. The summed E-state index contributed by atoms with van der Waals surface area (Å²) in [5.41, 5.74) is 0.950. The van der Waals surface area contributed by atoms with Gasteiger partial charge in [0.2, 0.25) is 0 Å². The van der Waals surface area contributed by atoms with E-state index >= 15 is 0 Å². The minimum atomic E-state index is 0.111. The van der Waals surface area contributed by atoms with Gasteiger partial charge in [-0.15, -0.1) is 0 Å². The Morgan fingerprint density at radius 2 is 1.95 bits per heavy atom. The number of ether oxygens (including phenoxy) is 1. The molecular formula is C16H23NO2S. The van der Waals surface area contributed by atoms with Crippen molar-refractivity contribution in [3.8, 4) is 17.6 Å². The zero-order chi connectivity index (χ0) is 14.6. The summed E-state index contributed by atoms with van der Waals surface area (Å²) in [4.78, 5) is 2.18. The lowest BCUT2D eigenvalue weighted by atomic mass is 10.2. The SMILES string of the molecule is CN(C)CCSCCOc1ccc(C#CCCO)cc1. The van der Waals surface area contributed by atoms with Crippen LogP contribution in [0.2, 0.25) is 0 Å². The van der Waals surface area contributed by atoms with Gasteiger partial charge >= 0.3 is 0 Å². The molecular weight excluding hydrogens is 270 g/mol. The summed E-state index contributed by atoms with van der Waals surface area (Å²) in [5.74, 6) is 8.91. The van der Waals surface area contributed by atoms with Gasteiger partial charge in [-0.3, -0.25) is 0 Å². The number of aliphatic hydroxyl groups excluding tert-OH is 1. The number of hydrogen-bond acceptors (Lipinski definition) is 4. The first-order valence-corrected chi connectivity index (χ1v) is 7.93. The highest BCUT2D eigenvalue weighted by Crippen LogP contribution is 2.12. The van der Waals surface area contributed by atoms with Gasteiger partial charge < -0.3 is 14.7 Å². The van der Waals surface area contributed by atoms with Gasteiger partial charge in [0.05, 0.1) is 13.2 Å². The molecule has 0 aromatic heterocycles. The van der Waals surface area contributed by atoms with Gasteiger partial charge in [-0.2, -0.15) is 11.8 Å². The Kier molecular flexibility index (Phi) is 8.97. The average Bonchev–Trinajstić information content (AvgIpc) is 2.44. The normalized spacial score (nSPS) is 10.2. The first-order chi connectivity index (χ1) is 9.72. The van der Waals surface area contributed by atoms with Crippen molar-refractivity contribution in [1.82, 2.24) is 4.90 Å². The fourth-order valence-electron chi connectivity index (χ4n) is 1.42. The first-order valence-electron chi connectivity index (χ1n) is 6.77. The van der Waals surface area contributed by atoms with Crippen LogP contribution in [-0.4, -0.2) is 55.4 Å². The van der Waals surface area contributed by atoms with Crippen LogP contribution >= 0.6 is 11.8 Å². The molecule has 0 radical (unpaired) electrons. The molecule has 0 aliphatic carbocycles. The molecule has 0 fully saturated rings. The lowest BCUT2D eigenvalue weighted by Gasteiger charge is -2.09. The van der Waals surface area contributed by atoms with Crippen molar-refractivity contribution in [1.29, 1.82) is 0 Å².